The molecule has 31 heavy (non-hydrogen) atoms. The average Bonchev–Trinajstić information content (AvgIpc) is 3.53. The third-order valence-electron chi connectivity index (χ3n) is 5.01. The molecule has 0 atom stereocenters. The normalized spacial score (nSPS) is 13.2. The van der Waals surface area contributed by atoms with Crippen LogP contribution in [0.3, 0.4) is 0 Å². The summed E-state index contributed by atoms with van der Waals surface area (Å²) in [7, 11) is 0. The maximum absolute atomic E-state index is 12.4. The summed E-state index contributed by atoms with van der Waals surface area (Å²) in [5, 5.41) is 10.5. The number of ketones is 2. The second-order valence-electron chi connectivity index (χ2n) is 7.62. The summed E-state index contributed by atoms with van der Waals surface area (Å²) in [5.41, 5.74) is 8.46. The van der Waals surface area contributed by atoms with Crippen LogP contribution in [0.4, 0.5) is 17.3 Å². The van der Waals surface area contributed by atoms with Crippen molar-refractivity contribution < 1.29 is 9.59 Å². The van der Waals surface area contributed by atoms with Crippen molar-refractivity contribution in [1.82, 2.24) is 20.2 Å². The van der Waals surface area contributed by atoms with E-state index in [2.05, 4.69) is 25.5 Å². The summed E-state index contributed by atoms with van der Waals surface area (Å²) >= 11 is 1.33. The molecule has 1 aromatic carbocycles. The highest BCUT2D eigenvalue weighted by molar-refractivity contribution is 7.99. The van der Waals surface area contributed by atoms with Crippen LogP contribution in [-0.4, -0.2) is 31.7 Å². The van der Waals surface area contributed by atoms with Crippen LogP contribution in [0.5, 0.6) is 0 Å². The first-order chi connectivity index (χ1) is 14.9. The number of nitrogens with one attached hydrogen (secondary N) is 2. The minimum Gasteiger partial charge on any atom is -0.394 e. The van der Waals surface area contributed by atoms with Gasteiger partial charge in [-0.3, -0.25) is 14.7 Å². The third kappa shape index (κ3) is 5.11. The number of hydrogen-bond donors (Lipinski definition) is 3. The van der Waals surface area contributed by atoms with E-state index in [1.165, 1.54) is 11.8 Å². The zero-order valence-corrected chi connectivity index (χ0v) is 18.3. The number of Topliss-reactive ketones (excluding diaryl/α,β-unsaturated/α-hetero) is 2. The Kier molecular flexibility index (Phi) is 6.03. The second-order valence-corrected chi connectivity index (χ2v) is 8.66. The van der Waals surface area contributed by atoms with Crippen molar-refractivity contribution in [2.24, 2.45) is 5.92 Å². The van der Waals surface area contributed by atoms with Gasteiger partial charge in [0, 0.05) is 35.4 Å². The zero-order chi connectivity index (χ0) is 22.0. The molecule has 0 bridgehead atoms. The van der Waals surface area contributed by atoms with E-state index in [4.69, 9.17) is 5.73 Å². The molecule has 2 heterocycles. The minimum atomic E-state index is -0.156. The van der Waals surface area contributed by atoms with E-state index >= 15 is 0 Å². The molecule has 160 valence electrons. The Morgan fingerprint density at radius 2 is 1.97 bits per heavy atom. The van der Waals surface area contributed by atoms with Crippen LogP contribution in [0.1, 0.15) is 47.9 Å². The SMILES string of the molecule is CCC(=O)c1nc(Sc2ccc(CC(=O)C3CC3)cc2)nc(Nc2cc(C)[nH]n2)c1N. The van der Waals surface area contributed by atoms with Gasteiger partial charge in [-0.15, -0.1) is 0 Å². The monoisotopic (exact) mass is 436 g/mol. The molecule has 4 N–H and O–H groups in total. The number of nitrogen functional groups attached to an aromatic ring is 1. The zero-order valence-electron chi connectivity index (χ0n) is 17.4. The lowest BCUT2D eigenvalue weighted by atomic mass is 10.1. The van der Waals surface area contributed by atoms with Gasteiger partial charge in [0.05, 0.1) is 0 Å². The van der Waals surface area contributed by atoms with Crippen molar-refractivity contribution in [3.63, 3.8) is 0 Å². The topological polar surface area (TPSA) is 127 Å². The standard InChI is InChI=1S/C22H24N6O2S/c1-3-16(29)20-19(23)21(24-18-10-12(2)27-28-18)26-22(25-20)31-15-8-4-13(5-9-15)11-17(30)14-6-7-14/h4-5,8-10,14H,3,6-7,11,23H2,1-2H3,(H2,24,25,26,27,28). The number of anilines is 3. The maximum atomic E-state index is 12.4. The number of benzene rings is 1. The molecule has 2 aromatic heterocycles. The number of rotatable bonds is 9. The summed E-state index contributed by atoms with van der Waals surface area (Å²) in [6.45, 7) is 3.65. The van der Waals surface area contributed by atoms with Gasteiger partial charge in [-0.25, -0.2) is 9.97 Å². The molecule has 0 amide bonds. The first-order valence-electron chi connectivity index (χ1n) is 10.2. The summed E-state index contributed by atoms with van der Waals surface area (Å²) < 4.78 is 0. The summed E-state index contributed by atoms with van der Waals surface area (Å²) in [6, 6.07) is 9.58. The van der Waals surface area contributed by atoms with E-state index in [0.29, 0.717) is 29.0 Å². The highest BCUT2D eigenvalue weighted by atomic mass is 32.2. The highest BCUT2D eigenvalue weighted by Gasteiger charge is 2.29. The number of nitrogens with two attached hydrogens (primary N) is 1. The fraction of sp³-hybridized carbons (Fsp3) is 0.318. The molecule has 0 radical (unpaired) electrons. The number of H-pyrrole nitrogens is 1. The first kappa shape index (κ1) is 21.0. The summed E-state index contributed by atoms with van der Waals surface area (Å²) in [4.78, 5) is 34.2. The molecule has 4 rings (SSSR count). The van der Waals surface area contributed by atoms with Gasteiger partial charge in [-0.05, 0) is 49.2 Å². The quantitative estimate of drug-likeness (QED) is 0.338. The molecule has 0 unspecified atom stereocenters. The van der Waals surface area contributed by atoms with Crippen molar-refractivity contribution in [2.75, 3.05) is 11.1 Å². The van der Waals surface area contributed by atoms with E-state index in [0.717, 1.165) is 29.0 Å². The van der Waals surface area contributed by atoms with Gasteiger partial charge in [0.15, 0.2) is 22.6 Å². The van der Waals surface area contributed by atoms with Gasteiger partial charge in [0.2, 0.25) is 0 Å². The fourth-order valence-electron chi connectivity index (χ4n) is 3.10. The van der Waals surface area contributed by atoms with Crippen LogP contribution in [-0.2, 0) is 11.2 Å². The molecular weight excluding hydrogens is 412 g/mol. The van der Waals surface area contributed by atoms with Gasteiger partial charge in [-0.2, -0.15) is 5.10 Å². The van der Waals surface area contributed by atoms with Gasteiger partial charge in [-0.1, -0.05) is 19.1 Å². The lowest BCUT2D eigenvalue weighted by Crippen LogP contribution is -2.11. The van der Waals surface area contributed by atoms with Crippen molar-refractivity contribution in [3.8, 4) is 0 Å². The Bertz CT molecular complexity index is 1120. The van der Waals surface area contributed by atoms with Crippen molar-refractivity contribution in [1.29, 1.82) is 0 Å². The van der Waals surface area contributed by atoms with E-state index in [-0.39, 0.29) is 29.5 Å². The molecule has 1 fully saturated rings. The molecule has 9 heteroatoms. The Morgan fingerprint density at radius 3 is 2.58 bits per heavy atom. The first-order valence-corrected chi connectivity index (χ1v) is 11.0. The van der Waals surface area contributed by atoms with Gasteiger partial charge >= 0.3 is 0 Å². The molecule has 8 nitrogen and oxygen atoms in total. The van der Waals surface area contributed by atoms with Crippen LogP contribution in [0.15, 0.2) is 40.4 Å². The Hall–Kier alpha value is -3.20. The highest BCUT2D eigenvalue weighted by Crippen LogP contribution is 2.33. The summed E-state index contributed by atoms with van der Waals surface area (Å²) in [6.07, 6.45) is 2.80. The van der Waals surface area contributed by atoms with E-state index in [1.54, 1.807) is 6.92 Å². The van der Waals surface area contributed by atoms with Crippen LogP contribution in [0, 0.1) is 12.8 Å². The molecule has 3 aromatic rings. The number of hydrogen-bond acceptors (Lipinski definition) is 8. The van der Waals surface area contributed by atoms with E-state index in [9.17, 15) is 9.59 Å². The van der Waals surface area contributed by atoms with Gasteiger partial charge in [0.25, 0.3) is 0 Å². The number of aromatic nitrogens is 4. The smallest absolute Gasteiger partial charge is 0.195 e. The lowest BCUT2D eigenvalue weighted by molar-refractivity contribution is -0.119. The van der Waals surface area contributed by atoms with E-state index < -0.39 is 0 Å². The molecule has 1 aliphatic rings. The molecular formula is C22H24N6O2S. The van der Waals surface area contributed by atoms with E-state index in [1.807, 2.05) is 37.3 Å². The number of aromatic amines is 1. The van der Waals surface area contributed by atoms with Gasteiger partial charge < -0.3 is 11.1 Å². The van der Waals surface area contributed by atoms with Crippen molar-refractivity contribution in [2.45, 2.75) is 49.6 Å². The fourth-order valence-corrected chi connectivity index (χ4v) is 3.86. The van der Waals surface area contributed by atoms with Crippen molar-refractivity contribution in [3.05, 3.63) is 47.3 Å². The lowest BCUT2D eigenvalue weighted by Gasteiger charge is -2.11. The molecule has 1 saturated carbocycles. The van der Waals surface area contributed by atoms with Gasteiger partial charge in [0.1, 0.15) is 17.2 Å². The average molecular weight is 437 g/mol. The Labute approximate surface area is 184 Å². The molecule has 0 saturated heterocycles. The van der Waals surface area contributed by atoms with Crippen LogP contribution in [0.2, 0.25) is 0 Å². The predicted octanol–water partition coefficient (Wildman–Crippen LogP) is 4.10. The molecule has 1 aliphatic carbocycles. The summed E-state index contributed by atoms with van der Waals surface area (Å²) in [5.74, 6) is 1.31. The largest absolute Gasteiger partial charge is 0.394 e. The predicted molar refractivity (Wildman–Crippen MR) is 120 cm³/mol. The number of carbonyl (C=O) groups is 2. The number of nitrogens with zero attached hydrogens (tertiary/aromatic N) is 3. The third-order valence-corrected chi connectivity index (χ3v) is 5.88. The Balaban J connectivity index is 1.57. The molecule has 0 spiro atoms. The second kappa shape index (κ2) is 8.89. The minimum absolute atomic E-state index is 0.156. The number of carbonyl (C=O) groups excluding carboxylic acids is 2. The Morgan fingerprint density at radius 1 is 1.23 bits per heavy atom. The van der Waals surface area contributed by atoms with Crippen LogP contribution >= 0.6 is 11.8 Å². The van der Waals surface area contributed by atoms with Crippen LogP contribution < -0.4 is 11.1 Å². The molecule has 0 aliphatic heterocycles. The van der Waals surface area contributed by atoms with Crippen molar-refractivity contribution >= 4 is 40.7 Å². The number of aryl methyl sites for hydroxylation is 1. The maximum Gasteiger partial charge on any atom is 0.195 e. The van der Waals surface area contributed by atoms with Crippen LogP contribution in [0.25, 0.3) is 0 Å².